The van der Waals surface area contributed by atoms with Crippen molar-refractivity contribution in [1.82, 2.24) is 10.3 Å². The van der Waals surface area contributed by atoms with Crippen molar-refractivity contribution in [1.29, 1.82) is 0 Å². The summed E-state index contributed by atoms with van der Waals surface area (Å²) in [6.45, 7) is 2.84. The first-order chi connectivity index (χ1) is 12.6. The van der Waals surface area contributed by atoms with Gasteiger partial charge in [-0.25, -0.2) is 4.98 Å². The maximum Gasteiger partial charge on any atom is 0.234 e. The van der Waals surface area contributed by atoms with Gasteiger partial charge in [0.05, 0.1) is 17.9 Å². The first-order valence-electron chi connectivity index (χ1n) is 8.46. The summed E-state index contributed by atoms with van der Waals surface area (Å²) in [6.07, 6.45) is 3.54. The topological polar surface area (TPSA) is 71.1 Å². The second-order valence-electron chi connectivity index (χ2n) is 5.68. The highest BCUT2D eigenvalue weighted by molar-refractivity contribution is 8.01. The Balaban J connectivity index is 1.71. The van der Waals surface area contributed by atoms with Gasteiger partial charge in [-0.15, -0.1) is 11.3 Å². The lowest BCUT2D eigenvalue weighted by Crippen LogP contribution is -2.26. The second-order valence-corrected chi connectivity index (χ2v) is 8.20. The zero-order valence-corrected chi connectivity index (χ0v) is 17.0. The number of thiazole rings is 1. The van der Waals surface area contributed by atoms with E-state index in [0.29, 0.717) is 17.3 Å². The Labute approximate surface area is 166 Å². The minimum atomic E-state index is -0.109. The van der Waals surface area contributed by atoms with E-state index in [1.807, 2.05) is 5.38 Å². The molecule has 0 spiro atoms. The molecule has 26 heavy (non-hydrogen) atoms. The third-order valence-electron chi connectivity index (χ3n) is 3.43. The van der Waals surface area contributed by atoms with Gasteiger partial charge in [0.2, 0.25) is 11.8 Å². The molecule has 140 valence electrons. The van der Waals surface area contributed by atoms with Gasteiger partial charge < -0.3 is 10.6 Å². The molecular weight excluding hydrogens is 390 g/mol. The van der Waals surface area contributed by atoms with Gasteiger partial charge in [-0.3, -0.25) is 9.59 Å². The number of aromatic nitrogens is 1. The van der Waals surface area contributed by atoms with Crippen molar-refractivity contribution in [2.75, 3.05) is 17.6 Å². The average Bonchev–Trinajstić information content (AvgIpc) is 3.06. The number of unbranched alkanes of at least 4 members (excludes halogenated alkanes) is 2. The number of nitrogens with zero attached hydrogens (tertiary/aromatic N) is 1. The van der Waals surface area contributed by atoms with Gasteiger partial charge in [0.25, 0.3) is 0 Å². The number of hydrogen-bond donors (Lipinski definition) is 2. The standard InChI is InChI=1S/C18H22ClN3O2S2/c1-2-3-4-9-20-16(23)10-15-11-25-18(22-15)26-12-17(24)21-14-7-5-13(19)6-8-14/h5-8,11H,2-4,9-10,12H2,1H3,(H,20,23)(H,21,24). The molecule has 1 aromatic carbocycles. The number of hydrogen-bond acceptors (Lipinski definition) is 5. The van der Waals surface area contributed by atoms with Crippen molar-refractivity contribution in [3.8, 4) is 0 Å². The van der Waals surface area contributed by atoms with Gasteiger partial charge in [-0.05, 0) is 30.7 Å². The number of benzene rings is 1. The predicted octanol–water partition coefficient (Wildman–Crippen LogP) is 4.38. The number of nitrogens with one attached hydrogen (secondary N) is 2. The lowest BCUT2D eigenvalue weighted by atomic mass is 10.2. The summed E-state index contributed by atoms with van der Waals surface area (Å²) in [5.74, 6) is 0.143. The van der Waals surface area contributed by atoms with Gasteiger partial charge in [0.1, 0.15) is 0 Å². The largest absolute Gasteiger partial charge is 0.356 e. The van der Waals surface area contributed by atoms with Crippen LogP contribution in [0.2, 0.25) is 5.02 Å². The van der Waals surface area contributed by atoms with Crippen molar-refractivity contribution in [3.05, 3.63) is 40.4 Å². The fourth-order valence-electron chi connectivity index (χ4n) is 2.12. The SMILES string of the molecule is CCCCCNC(=O)Cc1csc(SCC(=O)Nc2ccc(Cl)cc2)n1. The lowest BCUT2D eigenvalue weighted by molar-refractivity contribution is -0.120. The number of anilines is 1. The number of amides is 2. The molecule has 0 aliphatic heterocycles. The van der Waals surface area contributed by atoms with E-state index < -0.39 is 0 Å². The summed E-state index contributed by atoms with van der Waals surface area (Å²) in [7, 11) is 0. The van der Waals surface area contributed by atoms with Crippen LogP contribution in [0.25, 0.3) is 0 Å². The molecule has 2 N–H and O–H groups in total. The quantitative estimate of drug-likeness (QED) is 0.449. The van der Waals surface area contributed by atoms with Crippen LogP contribution in [0.15, 0.2) is 34.0 Å². The predicted molar refractivity (Wildman–Crippen MR) is 109 cm³/mol. The Bertz CT molecular complexity index is 719. The van der Waals surface area contributed by atoms with Gasteiger partial charge in [0, 0.05) is 22.6 Å². The van der Waals surface area contributed by atoms with E-state index in [2.05, 4.69) is 22.5 Å². The van der Waals surface area contributed by atoms with Gasteiger partial charge in [0.15, 0.2) is 4.34 Å². The maximum atomic E-state index is 12.0. The normalized spacial score (nSPS) is 10.5. The van der Waals surface area contributed by atoms with Gasteiger partial charge >= 0.3 is 0 Å². The second kappa shape index (κ2) is 11.2. The van der Waals surface area contributed by atoms with E-state index in [1.165, 1.54) is 23.1 Å². The molecule has 0 fully saturated rings. The fourth-order valence-corrected chi connectivity index (χ4v) is 3.89. The molecule has 8 heteroatoms. The molecular formula is C18H22ClN3O2S2. The third kappa shape index (κ3) is 7.76. The van der Waals surface area contributed by atoms with Gasteiger partial charge in [-0.2, -0.15) is 0 Å². The molecule has 0 saturated carbocycles. The van der Waals surface area contributed by atoms with Crippen LogP contribution >= 0.6 is 34.7 Å². The summed E-state index contributed by atoms with van der Waals surface area (Å²) in [5, 5.41) is 8.20. The first-order valence-corrected chi connectivity index (χ1v) is 10.7. The van der Waals surface area contributed by atoms with Crippen LogP contribution in [0.4, 0.5) is 5.69 Å². The monoisotopic (exact) mass is 411 g/mol. The first kappa shape index (κ1) is 20.7. The van der Waals surface area contributed by atoms with E-state index in [0.717, 1.165) is 29.3 Å². The van der Waals surface area contributed by atoms with Crippen LogP contribution in [0.3, 0.4) is 0 Å². The molecule has 1 aromatic heterocycles. The Hall–Kier alpha value is -1.57. The van der Waals surface area contributed by atoms with Crippen molar-refractivity contribution in [3.63, 3.8) is 0 Å². The molecule has 0 aliphatic rings. The molecule has 0 bridgehead atoms. The molecule has 0 saturated heterocycles. The fraction of sp³-hybridized carbons (Fsp3) is 0.389. The Morgan fingerprint density at radius 3 is 2.69 bits per heavy atom. The van der Waals surface area contributed by atoms with Crippen LogP contribution in [-0.4, -0.2) is 29.1 Å². The maximum absolute atomic E-state index is 12.0. The minimum absolute atomic E-state index is 0.0107. The minimum Gasteiger partial charge on any atom is -0.356 e. The Kier molecular flexibility index (Phi) is 8.94. The number of rotatable bonds is 10. The van der Waals surface area contributed by atoms with Crippen molar-refractivity contribution < 1.29 is 9.59 Å². The number of carbonyl (C=O) groups excluding carboxylic acids is 2. The van der Waals surface area contributed by atoms with Crippen molar-refractivity contribution in [2.24, 2.45) is 0 Å². The summed E-state index contributed by atoms with van der Waals surface area (Å²) in [6, 6.07) is 6.96. The van der Waals surface area contributed by atoms with Crippen molar-refractivity contribution in [2.45, 2.75) is 36.9 Å². The van der Waals surface area contributed by atoms with E-state index >= 15 is 0 Å². The van der Waals surface area contributed by atoms with E-state index in [-0.39, 0.29) is 24.0 Å². The van der Waals surface area contributed by atoms with Crippen LogP contribution in [0, 0.1) is 0 Å². The highest BCUT2D eigenvalue weighted by atomic mass is 35.5. The summed E-state index contributed by atoms with van der Waals surface area (Å²) < 4.78 is 0.782. The Morgan fingerprint density at radius 2 is 1.96 bits per heavy atom. The van der Waals surface area contributed by atoms with Crippen LogP contribution in [0.1, 0.15) is 31.9 Å². The van der Waals surface area contributed by atoms with E-state index in [4.69, 9.17) is 11.6 Å². The molecule has 2 rings (SSSR count). The molecule has 0 atom stereocenters. The molecule has 2 amide bonds. The molecule has 1 heterocycles. The molecule has 2 aromatic rings. The van der Waals surface area contributed by atoms with Crippen LogP contribution in [0.5, 0.6) is 0 Å². The lowest BCUT2D eigenvalue weighted by Gasteiger charge is -2.04. The smallest absolute Gasteiger partial charge is 0.234 e. The summed E-state index contributed by atoms with van der Waals surface area (Å²) >= 11 is 8.63. The molecule has 5 nitrogen and oxygen atoms in total. The molecule has 0 unspecified atom stereocenters. The highest BCUT2D eigenvalue weighted by Crippen LogP contribution is 2.23. The summed E-state index contributed by atoms with van der Waals surface area (Å²) in [5.41, 5.74) is 1.45. The zero-order valence-electron chi connectivity index (χ0n) is 14.6. The number of halogens is 1. The highest BCUT2D eigenvalue weighted by Gasteiger charge is 2.10. The van der Waals surface area contributed by atoms with Crippen molar-refractivity contribution >= 4 is 52.2 Å². The molecule has 0 radical (unpaired) electrons. The third-order valence-corrected chi connectivity index (χ3v) is 5.75. The summed E-state index contributed by atoms with van der Waals surface area (Å²) in [4.78, 5) is 28.2. The Morgan fingerprint density at radius 1 is 1.19 bits per heavy atom. The van der Waals surface area contributed by atoms with Crippen LogP contribution < -0.4 is 10.6 Å². The number of carbonyl (C=O) groups is 2. The van der Waals surface area contributed by atoms with E-state index in [1.54, 1.807) is 24.3 Å². The van der Waals surface area contributed by atoms with Crippen LogP contribution in [-0.2, 0) is 16.0 Å². The number of thioether (sulfide) groups is 1. The zero-order chi connectivity index (χ0) is 18.8. The molecule has 0 aliphatic carbocycles. The average molecular weight is 412 g/mol. The van der Waals surface area contributed by atoms with Gasteiger partial charge in [-0.1, -0.05) is 43.1 Å². The van der Waals surface area contributed by atoms with E-state index in [9.17, 15) is 9.59 Å².